The molecule has 0 aliphatic rings. The van der Waals surface area contributed by atoms with Crippen molar-refractivity contribution in [2.24, 2.45) is 0 Å². The van der Waals surface area contributed by atoms with Gasteiger partial charge in [0.1, 0.15) is 0 Å². The van der Waals surface area contributed by atoms with Crippen molar-refractivity contribution in [2.45, 2.75) is 19.4 Å². The first-order chi connectivity index (χ1) is 6.79. The zero-order chi connectivity index (χ0) is 10.4. The van der Waals surface area contributed by atoms with Crippen LogP contribution < -0.4 is 5.32 Å². The molecule has 0 heterocycles. The highest BCUT2D eigenvalue weighted by Gasteiger charge is 2.10. The van der Waals surface area contributed by atoms with Gasteiger partial charge >= 0.3 is 0 Å². The Morgan fingerprint density at radius 1 is 1.50 bits per heavy atom. The van der Waals surface area contributed by atoms with E-state index >= 15 is 0 Å². The summed E-state index contributed by atoms with van der Waals surface area (Å²) in [6.45, 7) is 6.78. The van der Waals surface area contributed by atoms with E-state index in [2.05, 4.69) is 24.9 Å². The van der Waals surface area contributed by atoms with Crippen molar-refractivity contribution in [1.82, 2.24) is 5.32 Å². The highest BCUT2D eigenvalue weighted by molar-refractivity contribution is 6.31. The summed E-state index contributed by atoms with van der Waals surface area (Å²) in [6.07, 6.45) is 2.81. The summed E-state index contributed by atoms with van der Waals surface area (Å²) in [5.41, 5.74) is 1.15. The molecule has 1 atom stereocenters. The van der Waals surface area contributed by atoms with Gasteiger partial charge in [-0.15, -0.1) is 6.58 Å². The fourth-order valence-corrected chi connectivity index (χ4v) is 1.76. The predicted molar refractivity (Wildman–Crippen MR) is 62.7 cm³/mol. The summed E-state index contributed by atoms with van der Waals surface area (Å²) >= 11 is 6.12. The fraction of sp³-hybridized carbons (Fsp3) is 0.333. The van der Waals surface area contributed by atoms with Gasteiger partial charge in [-0.05, 0) is 24.6 Å². The zero-order valence-corrected chi connectivity index (χ0v) is 9.22. The van der Waals surface area contributed by atoms with E-state index in [1.54, 1.807) is 0 Å². The molecule has 0 amide bonds. The second kappa shape index (κ2) is 5.84. The summed E-state index contributed by atoms with van der Waals surface area (Å²) in [5, 5.41) is 4.20. The quantitative estimate of drug-likeness (QED) is 0.732. The van der Waals surface area contributed by atoms with E-state index in [1.165, 1.54) is 0 Å². The Morgan fingerprint density at radius 3 is 2.79 bits per heavy atom. The molecule has 1 rings (SSSR count). The van der Waals surface area contributed by atoms with Crippen LogP contribution in [0.4, 0.5) is 0 Å². The van der Waals surface area contributed by atoms with E-state index in [1.807, 2.05) is 24.3 Å². The third-order valence-corrected chi connectivity index (χ3v) is 2.48. The van der Waals surface area contributed by atoms with Crippen LogP contribution >= 0.6 is 11.6 Å². The molecule has 0 saturated heterocycles. The molecule has 2 heteroatoms. The van der Waals surface area contributed by atoms with Crippen LogP contribution in [0.1, 0.15) is 24.9 Å². The minimum absolute atomic E-state index is 0.284. The summed E-state index contributed by atoms with van der Waals surface area (Å²) in [4.78, 5) is 0. The number of nitrogens with one attached hydrogen (secondary N) is 1. The lowest BCUT2D eigenvalue weighted by atomic mass is 10.0. The fourth-order valence-electron chi connectivity index (χ4n) is 1.49. The molecule has 0 saturated carbocycles. The lowest BCUT2D eigenvalue weighted by Gasteiger charge is -2.17. The third kappa shape index (κ3) is 2.86. The normalized spacial score (nSPS) is 12.4. The minimum Gasteiger partial charge on any atom is -0.310 e. The zero-order valence-electron chi connectivity index (χ0n) is 8.46. The van der Waals surface area contributed by atoms with Crippen LogP contribution in [0.5, 0.6) is 0 Å². The molecule has 0 bridgehead atoms. The minimum atomic E-state index is 0.284. The van der Waals surface area contributed by atoms with Gasteiger partial charge in [0.25, 0.3) is 0 Å². The summed E-state index contributed by atoms with van der Waals surface area (Å²) < 4.78 is 0. The van der Waals surface area contributed by atoms with E-state index in [-0.39, 0.29) is 6.04 Å². The van der Waals surface area contributed by atoms with Gasteiger partial charge in [0.05, 0.1) is 0 Å². The monoisotopic (exact) mass is 209 g/mol. The van der Waals surface area contributed by atoms with Gasteiger partial charge in [-0.2, -0.15) is 0 Å². The third-order valence-electron chi connectivity index (χ3n) is 2.13. The number of halogens is 1. The Bertz CT molecular complexity index is 296. The molecular formula is C12H16ClN. The lowest BCUT2D eigenvalue weighted by molar-refractivity contribution is 0.559. The van der Waals surface area contributed by atoms with Crippen LogP contribution in [-0.2, 0) is 0 Å². The number of benzene rings is 1. The van der Waals surface area contributed by atoms with E-state index in [4.69, 9.17) is 11.6 Å². The van der Waals surface area contributed by atoms with E-state index in [0.29, 0.717) is 0 Å². The molecular weight excluding hydrogens is 194 g/mol. The van der Waals surface area contributed by atoms with Gasteiger partial charge in [0.15, 0.2) is 0 Å². The van der Waals surface area contributed by atoms with E-state index in [0.717, 1.165) is 23.6 Å². The van der Waals surface area contributed by atoms with Gasteiger partial charge in [0, 0.05) is 11.1 Å². The van der Waals surface area contributed by atoms with Crippen molar-refractivity contribution in [3.63, 3.8) is 0 Å². The van der Waals surface area contributed by atoms with Gasteiger partial charge in [0.2, 0.25) is 0 Å². The largest absolute Gasteiger partial charge is 0.310 e. The Kier molecular flexibility index (Phi) is 4.71. The molecule has 14 heavy (non-hydrogen) atoms. The van der Waals surface area contributed by atoms with Crippen LogP contribution in [0.25, 0.3) is 0 Å². The maximum atomic E-state index is 6.12. The van der Waals surface area contributed by atoms with Crippen LogP contribution in [-0.4, -0.2) is 6.54 Å². The van der Waals surface area contributed by atoms with Crippen LogP contribution in [0.15, 0.2) is 36.9 Å². The average Bonchev–Trinajstić information content (AvgIpc) is 2.18. The van der Waals surface area contributed by atoms with Crippen LogP contribution in [0.2, 0.25) is 5.02 Å². The molecule has 1 nitrogen and oxygen atoms in total. The van der Waals surface area contributed by atoms with Gasteiger partial charge < -0.3 is 5.32 Å². The lowest BCUT2D eigenvalue weighted by Crippen LogP contribution is -2.20. The Balaban J connectivity index is 2.86. The molecule has 0 aromatic heterocycles. The van der Waals surface area contributed by atoms with Crippen molar-refractivity contribution in [1.29, 1.82) is 0 Å². The Hall–Kier alpha value is -0.790. The van der Waals surface area contributed by atoms with Crippen molar-refractivity contribution >= 4 is 11.6 Å². The van der Waals surface area contributed by atoms with Gasteiger partial charge in [-0.3, -0.25) is 0 Å². The standard InChI is InChI=1S/C12H16ClN/c1-3-7-12(14-4-2)10-8-5-6-9-11(10)13/h3,5-6,8-9,12,14H,1,4,7H2,2H3. The summed E-state index contributed by atoms with van der Waals surface area (Å²) in [7, 11) is 0. The van der Waals surface area contributed by atoms with Crippen LogP contribution in [0, 0.1) is 0 Å². The second-order valence-corrected chi connectivity index (χ2v) is 3.56. The molecule has 0 fully saturated rings. The van der Waals surface area contributed by atoms with Crippen LogP contribution in [0.3, 0.4) is 0 Å². The first-order valence-electron chi connectivity index (χ1n) is 4.88. The van der Waals surface area contributed by atoms with Gasteiger partial charge in [-0.1, -0.05) is 42.8 Å². The van der Waals surface area contributed by atoms with Crippen molar-refractivity contribution in [3.05, 3.63) is 47.5 Å². The molecule has 0 aliphatic carbocycles. The maximum Gasteiger partial charge on any atom is 0.0453 e. The average molecular weight is 210 g/mol. The summed E-state index contributed by atoms with van der Waals surface area (Å²) in [6, 6.07) is 8.21. The first kappa shape index (κ1) is 11.3. The molecule has 1 N–H and O–H groups in total. The number of rotatable bonds is 5. The number of hydrogen-bond acceptors (Lipinski definition) is 1. The van der Waals surface area contributed by atoms with E-state index in [9.17, 15) is 0 Å². The first-order valence-corrected chi connectivity index (χ1v) is 5.26. The highest BCUT2D eigenvalue weighted by Crippen LogP contribution is 2.24. The highest BCUT2D eigenvalue weighted by atomic mass is 35.5. The Labute approximate surface area is 90.8 Å². The summed E-state index contributed by atoms with van der Waals surface area (Å²) in [5.74, 6) is 0. The topological polar surface area (TPSA) is 12.0 Å². The molecule has 1 aromatic rings. The number of hydrogen-bond donors (Lipinski definition) is 1. The predicted octanol–water partition coefficient (Wildman–Crippen LogP) is 3.57. The van der Waals surface area contributed by atoms with Crippen molar-refractivity contribution in [3.8, 4) is 0 Å². The van der Waals surface area contributed by atoms with E-state index < -0.39 is 0 Å². The van der Waals surface area contributed by atoms with Crippen molar-refractivity contribution in [2.75, 3.05) is 6.54 Å². The molecule has 1 aromatic carbocycles. The molecule has 0 radical (unpaired) electrons. The smallest absolute Gasteiger partial charge is 0.0453 e. The molecule has 1 unspecified atom stereocenters. The second-order valence-electron chi connectivity index (χ2n) is 3.16. The maximum absolute atomic E-state index is 6.12. The molecule has 0 spiro atoms. The molecule has 0 aliphatic heterocycles. The van der Waals surface area contributed by atoms with Crippen molar-refractivity contribution < 1.29 is 0 Å². The molecule has 76 valence electrons. The SMILES string of the molecule is C=CCC(NCC)c1ccccc1Cl. The Morgan fingerprint density at radius 2 is 2.21 bits per heavy atom. The van der Waals surface area contributed by atoms with Gasteiger partial charge in [-0.25, -0.2) is 0 Å².